The molecule has 2 aliphatic carbocycles. The molecule has 3 aromatic heterocycles. The zero-order valence-electron chi connectivity index (χ0n) is 27.4. The van der Waals surface area contributed by atoms with Gasteiger partial charge in [0.2, 0.25) is 5.91 Å². The van der Waals surface area contributed by atoms with Gasteiger partial charge in [-0.15, -0.1) is 0 Å². The first-order valence-corrected chi connectivity index (χ1v) is 18.0. The maximum absolute atomic E-state index is 17.1. The number of fused-ring (bicyclic) bond motifs is 4. The number of hydrogen-bond acceptors (Lipinski definition) is 7. The molecule has 0 spiro atoms. The molecule has 2 aromatic carbocycles. The molecule has 1 N–H and O–H groups in total. The highest BCUT2D eigenvalue weighted by Crippen LogP contribution is 2.51. The summed E-state index contributed by atoms with van der Waals surface area (Å²) >= 11 is 13.1. The van der Waals surface area contributed by atoms with E-state index in [9.17, 15) is 10.1 Å². The topological polar surface area (TPSA) is 109 Å². The average molecular weight is 711 g/mol. The summed E-state index contributed by atoms with van der Waals surface area (Å²) in [6.07, 6.45) is 8.52. The lowest BCUT2D eigenvalue weighted by Gasteiger charge is -2.39. The van der Waals surface area contributed by atoms with Gasteiger partial charge in [-0.1, -0.05) is 35.3 Å². The maximum Gasteiger partial charge on any atom is 0.226 e. The molecule has 50 heavy (non-hydrogen) atoms. The predicted octanol–water partition coefficient (Wildman–Crippen LogP) is 7.52. The molecule has 2 saturated carbocycles. The lowest BCUT2D eigenvalue weighted by Crippen LogP contribution is -2.41. The number of rotatable bonds is 8. The summed E-state index contributed by atoms with van der Waals surface area (Å²) in [5.74, 6) is 0.685. The molecule has 9 nitrogen and oxygen atoms in total. The average Bonchev–Trinajstić information content (AvgIpc) is 3.40. The van der Waals surface area contributed by atoms with Crippen molar-refractivity contribution in [3.63, 3.8) is 0 Å². The van der Waals surface area contributed by atoms with Gasteiger partial charge in [-0.3, -0.25) is 4.79 Å². The van der Waals surface area contributed by atoms with Crippen molar-refractivity contribution >= 4 is 50.9 Å². The number of carbonyl (C=O) groups excluding carboxylic acids is 1. The van der Waals surface area contributed by atoms with Gasteiger partial charge >= 0.3 is 0 Å². The second-order valence-electron chi connectivity index (χ2n) is 14.1. The van der Waals surface area contributed by atoms with E-state index in [-0.39, 0.29) is 53.0 Å². The van der Waals surface area contributed by atoms with Crippen LogP contribution in [0.5, 0.6) is 5.75 Å². The molecule has 5 fully saturated rings. The second-order valence-corrected chi connectivity index (χ2v) is 14.9. The molecule has 2 bridgehead atoms. The molecule has 5 aliphatic rings. The number of aromatic nitrogens is 4. The van der Waals surface area contributed by atoms with Crippen LogP contribution in [-0.4, -0.2) is 55.6 Å². The van der Waals surface area contributed by atoms with Crippen molar-refractivity contribution in [1.29, 1.82) is 5.26 Å². The molecule has 254 valence electrons. The second kappa shape index (κ2) is 12.2. The number of likely N-dealkylation sites (tertiary alicyclic amines) is 1. The fraction of sp³-hybridized carbons (Fsp3) is 0.395. The Kier molecular flexibility index (Phi) is 7.72. The van der Waals surface area contributed by atoms with E-state index in [1.807, 2.05) is 17.9 Å². The van der Waals surface area contributed by atoms with Gasteiger partial charge < -0.3 is 19.5 Å². The number of nitriles is 1. The van der Waals surface area contributed by atoms with E-state index in [0.717, 1.165) is 42.4 Å². The first kappa shape index (κ1) is 31.7. The Morgan fingerprint density at radius 1 is 1.16 bits per heavy atom. The third-order valence-corrected chi connectivity index (χ3v) is 11.9. The minimum Gasteiger partial charge on any atom is -0.485 e. The first-order chi connectivity index (χ1) is 24.3. The molecule has 6 heterocycles. The number of nitrogens with one attached hydrogen (secondary N) is 1. The van der Waals surface area contributed by atoms with Crippen LogP contribution in [-0.2, 0) is 11.2 Å². The molecule has 12 heteroatoms. The number of amides is 1. The fourth-order valence-corrected chi connectivity index (χ4v) is 9.00. The molecule has 10 rings (SSSR count). The van der Waals surface area contributed by atoms with Crippen molar-refractivity contribution in [2.45, 2.75) is 69.7 Å². The predicted molar refractivity (Wildman–Crippen MR) is 189 cm³/mol. The first-order valence-electron chi connectivity index (χ1n) is 17.3. The van der Waals surface area contributed by atoms with Gasteiger partial charge in [0.05, 0.1) is 52.7 Å². The minimum absolute atomic E-state index is 0.0356. The van der Waals surface area contributed by atoms with Gasteiger partial charge in [-0.05, 0) is 62.3 Å². The number of hydrogen-bond donors (Lipinski definition) is 1. The Morgan fingerprint density at radius 3 is 2.70 bits per heavy atom. The lowest BCUT2D eigenvalue weighted by atomic mass is 9.79. The molecular weight excluding hydrogens is 676 g/mol. The summed E-state index contributed by atoms with van der Waals surface area (Å²) < 4.78 is 25.9. The third kappa shape index (κ3) is 5.04. The van der Waals surface area contributed by atoms with Gasteiger partial charge in [0, 0.05) is 64.6 Å². The number of pyridine rings is 1. The Morgan fingerprint density at radius 2 is 1.98 bits per heavy atom. The van der Waals surface area contributed by atoms with E-state index in [1.165, 1.54) is 6.33 Å². The SMILES string of the molecule is Cc1nc2c(F)c(-c3cccc(Cl)c3Cl)c(CCC#N)cc2c2c1cc(C1CC(Oc3cncnc3)CN1C(=O)C1CC1)n2C1C2CNC1C2. The zero-order valence-corrected chi connectivity index (χ0v) is 28.9. The van der Waals surface area contributed by atoms with Gasteiger partial charge in [0.15, 0.2) is 11.6 Å². The summed E-state index contributed by atoms with van der Waals surface area (Å²) in [7, 11) is 0. The zero-order chi connectivity index (χ0) is 34.3. The molecule has 5 unspecified atom stereocenters. The van der Waals surface area contributed by atoms with Crippen molar-refractivity contribution in [3.8, 4) is 22.9 Å². The van der Waals surface area contributed by atoms with E-state index < -0.39 is 5.82 Å². The highest BCUT2D eigenvalue weighted by molar-refractivity contribution is 6.43. The van der Waals surface area contributed by atoms with E-state index >= 15 is 4.39 Å². The van der Waals surface area contributed by atoms with Crippen LogP contribution in [0.3, 0.4) is 0 Å². The van der Waals surface area contributed by atoms with Crippen LogP contribution in [0.2, 0.25) is 10.0 Å². The van der Waals surface area contributed by atoms with Crippen molar-refractivity contribution in [3.05, 3.63) is 81.9 Å². The van der Waals surface area contributed by atoms with Gasteiger partial charge in [0.25, 0.3) is 0 Å². The van der Waals surface area contributed by atoms with E-state index in [2.05, 4.69) is 32.0 Å². The number of aryl methyl sites for hydroxylation is 2. The molecular formula is C38H34Cl2FN7O2. The van der Waals surface area contributed by atoms with E-state index in [0.29, 0.717) is 63.8 Å². The van der Waals surface area contributed by atoms with Crippen molar-refractivity contribution in [2.75, 3.05) is 13.1 Å². The number of ether oxygens (including phenoxy) is 1. The van der Waals surface area contributed by atoms with Crippen LogP contribution < -0.4 is 10.1 Å². The van der Waals surface area contributed by atoms with Crippen molar-refractivity contribution in [1.82, 2.24) is 29.7 Å². The highest BCUT2D eigenvalue weighted by Gasteiger charge is 2.51. The highest BCUT2D eigenvalue weighted by atomic mass is 35.5. The number of benzene rings is 2. The Hall–Kier alpha value is -4.30. The molecule has 3 saturated heterocycles. The summed E-state index contributed by atoms with van der Waals surface area (Å²) in [6.45, 7) is 3.29. The van der Waals surface area contributed by atoms with E-state index in [4.69, 9.17) is 32.9 Å². The lowest BCUT2D eigenvalue weighted by molar-refractivity contribution is -0.133. The Bertz CT molecular complexity index is 2220. The van der Waals surface area contributed by atoms with Crippen LogP contribution in [0.25, 0.3) is 32.9 Å². The monoisotopic (exact) mass is 709 g/mol. The third-order valence-electron chi connectivity index (χ3n) is 11.1. The van der Waals surface area contributed by atoms with Gasteiger partial charge in [-0.25, -0.2) is 19.3 Å². The number of nitrogens with zero attached hydrogens (tertiary/aromatic N) is 6. The van der Waals surface area contributed by atoms with Crippen molar-refractivity contribution < 1.29 is 13.9 Å². The van der Waals surface area contributed by atoms with Gasteiger partial charge in [0.1, 0.15) is 17.9 Å². The number of halogens is 3. The van der Waals surface area contributed by atoms with Gasteiger partial charge in [-0.2, -0.15) is 5.26 Å². The Labute approximate surface area is 298 Å². The Balaban J connectivity index is 1.27. The molecule has 5 aromatic rings. The smallest absolute Gasteiger partial charge is 0.226 e. The molecule has 5 atom stereocenters. The molecule has 0 radical (unpaired) electrons. The fourth-order valence-electron chi connectivity index (χ4n) is 8.61. The quantitative estimate of drug-likeness (QED) is 0.178. The summed E-state index contributed by atoms with van der Waals surface area (Å²) in [5.41, 5.74) is 4.33. The summed E-state index contributed by atoms with van der Waals surface area (Å²) in [4.78, 5) is 29.1. The van der Waals surface area contributed by atoms with E-state index in [1.54, 1.807) is 30.6 Å². The largest absolute Gasteiger partial charge is 0.485 e. The van der Waals surface area contributed by atoms with Crippen LogP contribution in [0, 0.1) is 35.9 Å². The van der Waals surface area contributed by atoms with Crippen LogP contribution in [0.15, 0.2) is 49.1 Å². The molecule has 1 amide bonds. The standard InChI is InChI=1S/C38H34Cl2FN7O2/c1-19-26-13-31(30-12-23(50-24-15-43-18-44-16-24)17-47(30)38(49)20-7-8-20)48(36-22-11-29(36)45-14-22)37(26)27-10-21(4-3-9-42)32(34(41)35(27)46-19)25-5-2-6-28(39)33(25)40/h2,5-6,10,13,15-16,18,20,22-23,29-30,36,45H,3-4,7-8,11-12,14,17H2,1H3. The maximum atomic E-state index is 17.1. The summed E-state index contributed by atoms with van der Waals surface area (Å²) in [6, 6.07) is 11.7. The van der Waals surface area contributed by atoms with Crippen molar-refractivity contribution in [2.24, 2.45) is 11.8 Å². The minimum atomic E-state index is -0.487. The van der Waals surface area contributed by atoms with Crippen LogP contribution in [0.1, 0.15) is 61.1 Å². The number of carbonyl (C=O) groups is 1. The van der Waals surface area contributed by atoms with Crippen LogP contribution in [0.4, 0.5) is 4.39 Å². The molecule has 3 aliphatic heterocycles. The van der Waals surface area contributed by atoms with Crippen LogP contribution >= 0.6 is 23.2 Å². The summed E-state index contributed by atoms with van der Waals surface area (Å²) in [5, 5.41) is 15.5. The normalized spacial score (nSPS) is 24.1.